The Bertz CT molecular complexity index is 1120. The van der Waals surface area contributed by atoms with Crippen molar-refractivity contribution < 1.29 is 13.2 Å². The zero-order chi connectivity index (χ0) is 24.0. The molecule has 8 nitrogen and oxygen atoms in total. The van der Waals surface area contributed by atoms with Gasteiger partial charge in [-0.1, -0.05) is 30.4 Å². The standard InChI is InChI=1S/C25H33N5O3S/c1-18-12-23(29-28-18)17-27-25(31)20-13-22(26-16-19-8-4-2-5-9-19)15-24(14-20)34(32,33)30-21-10-6-3-7-11-21/h2-4,6-7,10-11,13-15,18-19,23,26,28-30H,5,8-9,12,16-17H2,1H3,(H,27,31). The smallest absolute Gasteiger partial charge is 0.261 e. The maximum absolute atomic E-state index is 13.1. The summed E-state index contributed by atoms with van der Waals surface area (Å²) in [5, 5.41) is 6.29. The summed E-state index contributed by atoms with van der Waals surface area (Å²) in [6.45, 7) is 3.24. The van der Waals surface area contributed by atoms with Crippen molar-refractivity contribution in [1.29, 1.82) is 0 Å². The van der Waals surface area contributed by atoms with E-state index in [4.69, 9.17) is 0 Å². The van der Waals surface area contributed by atoms with E-state index in [1.165, 1.54) is 6.07 Å². The van der Waals surface area contributed by atoms with Crippen LogP contribution in [0.2, 0.25) is 0 Å². The lowest BCUT2D eigenvalue weighted by atomic mass is 9.94. The Labute approximate surface area is 201 Å². The molecule has 2 aromatic carbocycles. The highest BCUT2D eigenvalue weighted by atomic mass is 32.2. The lowest BCUT2D eigenvalue weighted by Gasteiger charge is -2.20. The highest BCUT2D eigenvalue weighted by Crippen LogP contribution is 2.24. The molecular weight excluding hydrogens is 450 g/mol. The van der Waals surface area contributed by atoms with E-state index in [1.54, 1.807) is 36.4 Å². The van der Waals surface area contributed by atoms with Crippen LogP contribution in [0.5, 0.6) is 0 Å². The molecule has 0 bridgehead atoms. The van der Waals surface area contributed by atoms with Crippen LogP contribution in [0.1, 0.15) is 43.0 Å². The van der Waals surface area contributed by atoms with E-state index in [0.717, 1.165) is 32.2 Å². The number of hydrogen-bond acceptors (Lipinski definition) is 6. The Morgan fingerprint density at radius 2 is 1.85 bits per heavy atom. The number of benzene rings is 2. The molecule has 1 heterocycles. The number of carbonyl (C=O) groups is 1. The molecule has 182 valence electrons. The number of sulfonamides is 1. The number of rotatable bonds is 9. The largest absolute Gasteiger partial charge is 0.385 e. The quantitative estimate of drug-likeness (QED) is 0.350. The SMILES string of the molecule is CC1CC(CNC(=O)c2cc(NCC3CC=CCC3)cc(S(=O)(=O)Nc3ccccc3)c2)NN1. The van der Waals surface area contributed by atoms with E-state index in [1.807, 2.05) is 6.07 Å². The summed E-state index contributed by atoms with van der Waals surface area (Å²) in [6, 6.07) is 13.9. The maximum atomic E-state index is 13.1. The minimum atomic E-state index is -3.88. The average Bonchev–Trinajstić information content (AvgIpc) is 3.27. The second-order valence-corrected chi connectivity index (χ2v) is 10.8. The summed E-state index contributed by atoms with van der Waals surface area (Å²) in [4.78, 5) is 13.0. The van der Waals surface area contributed by atoms with Crippen LogP contribution >= 0.6 is 0 Å². The minimum absolute atomic E-state index is 0.0457. The van der Waals surface area contributed by atoms with Gasteiger partial charge in [0.1, 0.15) is 0 Å². The zero-order valence-electron chi connectivity index (χ0n) is 19.4. The van der Waals surface area contributed by atoms with Gasteiger partial charge in [-0.15, -0.1) is 0 Å². The second kappa shape index (κ2) is 11.0. The molecule has 1 saturated heterocycles. The number of allylic oxidation sites excluding steroid dienone is 2. The van der Waals surface area contributed by atoms with Gasteiger partial charge in [0.05, 0.1) is 4.90 Å². The molecule has 34 heavy (non-hydrogen) atoms. The number of hydrogen-bond donors (Lipinski definition) is 5. The Kier molecular flexibility index (Phi) is 7.87. The number of anilines is 2. The molecule has 3 unspecified atom stereocenters. The van der Waals surface area contributed by atoms with Gasteiger partial charge < -0.3 is 10.6 Å². The molecule has 9 heteroatoms. The minimum Gasteiger partial charge on any atom is -0.385 e. The molecule has 1 amide bonds. The van der Waals surface area contributed by atoms with E-state index in [-0.39, 0.29) is 16.8 Å². The molecule has 2 aromatic rings. The first kappa shape index (κ1) is 24.3. The predicted octanol–water partition coefficient (Wildman–Crippen LogP) is 3.24. The summed E-state index contributed by atoms with van der Waals surface area (Å²) in [7, 11) is -3.88. The average molecular weight is 484 g/mol. The highest BCUT2D eigenvalue weighted by molar-refractivity contribution is 7.92. The van der Waals surface area contributed by atoms with Crippen molar-refractivity contribution in [1.82, 2.24) is 16.2 Å². The third-order valence-electron chi connectivity index (χ3n) is 6.16. The van der Waals surface area contributed by atoms with Crippen LogP contribution in [0.25, 0.3) is 0 Å². The number of hydrazine groups is 1. The van der Waals surface area contributed by atoms with Gasteiger partial charge in [-0.2, -0.15) is 0 Å². The number of para-hydroxylation sites is 1. The van der Waals surface area contributed by atoms with Crippen LogP contribution in [0, 0.1) is 5.92 Å². The van der Waals surface area contributed by atoms with Crippen molar-refractivity contribution >= 4 is 27.3 Å². The van der Waals surface area contributed by atoms with Crippen molar-refractivity contribution in [3.8, 4) is 0 Å². The van der Waals surface area contributed by atoms with Crippen molar-refractivity contribution in [2.45, 2.75) is 49.6 Å². The van der Waals surface area contributed by atoms with Crippen LogP contribution in [-0.4, -0.2) is 39.5 Å². The maximum Gasteiger partial charge on any atom is 0.261 e. The Morgan fingerprint density at radius 1 is 1.03 bits per heavy atom. The molecule has 4 rings (SSSR count). The van der Waals surface area contributed by atoms with Gasteiger partial charge in [-0.05, 0) is 68.9 Å². The number of carbonyl (C=O) groups excluding carboxylic acids is 1. The summed E-state index contributed by atoms with van der Waals surface area (Å²) >= 11 is 0. The fourth-order valence-corrected chi connectivity index (χ4v) is 5.40. The predicted molar refractivity (Wildman–Crippen MR) is 135 cm³/mol. The van der Waals surface area contributed by atoms with E-state index in [2.05, 4.69) is 45.3 Å². The molecule has 1 aliphatic carbocycles. The summed E-state index contributed by atoms with van der Waals surface area (Å²) in [6.07, 6.45) is 8.42. The van der Waals surface area contributed by atoms with Crippen molar-refractivity contribution in [3.63, 3.8) is 0 Å². The van der Waals surface area contributed by atoms with Gasteiger partial charge in [0.2, 0.25) is 0 Å². The van der Waals surface area contributed by atoms with Crippen LogP contribution in [-0.2, 0) is 10.0 Å². The zero-order valence-corrected chi connectivity index (χ0v) is 20.2. The van der Waals surface area contributed by atoms with Crippen LogP contribution in [0.15, 0.2) is 65.6 Å². The molecule has 1 fully saturated rings. The second-order valence-electron chi connectivity index (χ2n) is 9.08. The first-order valence-electron chi connectivity index (χ1n) is 11.8. The molecule has 5 N–H and O–H groups in total. The van der Waals surface area contributed by atoms with Crippen LogP contribution < -0.4 is 26.2 Å². The molecule has 2 aliphatic rings. The van der Waals surface area contributed by atoms with E-state index >= 15 is 0 Å². The Morgan fingerprint density at radius 3 is 2.56 bits per heavy atom. The monoisotopic (exact) mass is 483 g/mol. The van der Waals surface area contributed by atoms with Crippen molar-refractivity contribution in [2.75, 3.05) is 23.1 Å². The van der Waals surface area contributed by atoms with Crippen molar-refractivity contribution in [2.24, 2.45) is 5.92 Å². The van der Waals surface area contributed by atoms with Gasteiger partial charge in [0, 0.05) is 42.1 Å². The van der Waals surface area contributed by atoms with Crippen molar-refractivity contribution in [3.05, 3.63) is 66.2 Å². The summed E-state index contributed by atoms with van der Waals surface area (Å²) in [5.41, 5.74) is 7.68. The lowest BCUT2D eigenvalue weighted by molar-refractivity contribution is 0.0950. The van der Waals surface area contributed by atoms with Gasteiger partial charge in [-0.25, -0.2) is 8.42 Å². The molecule has 0 saturated carbocycles. The number of amides is 1. The molecule has 0 radical (unpaired) electrons. The summed E-state index contributed by atoms with van der Waals surface area (Å²) in [5.74, 6) is 0.176. The van der Waals surface area contributed by atoms with Gasteiger partial charge in [-0.3, -0.25) is 20.4 Å². The molecule has 1 aliphatic heterocycles. The molecule has 3 atom stereocenters. The Balaban J connectivity index is 1.53. The van der Waals surface area contributed by atoms with Gasteiger partial charge >= 0.3 is 0 Å². The van der Waals surface area contributed by atoms with E-state index in [9.17, 15) is 13.2 Å². The van der Waals surface area contributed by atoms with Gasteiger partial charge in [0.15, 0.2) is 0 Å². The fourth-order valence-electron chi connectivity index (χ4n) is 4.27. The normalized spacial score (nSPS) is 22.3. The van der Waals surface area contributed by atoms with Crippen LogP contribution in [0.3, 0.4) is 0 Å². The third-order valence-corrected chi connectivity index (χ3v) is 7.52. The third kappa shape index (κ3) is 6.59. The first-order valence-corrected chi connectivity index (χ1v) is 13.3. The van der Waals surface area contributed by atoms with E-state index in [0.29, 0.717) is 35.4 Å². The molecular formula is C25H33N5O3S. The number of nitrogens with one attached hydrogen (secondary N) is 5. The Hall–Kier alpha value is -2.88. The van der Waals surface area contributed by atoms with Crippen LogP contribution in [0.4, 0.5) is 11.4 Å². The molecule has 0 aromatic heterocycles. The fraction of sp³-hybridized carbons (Fsp3) is 0.400. The topological polar surface area (TPSA) is 111 Å². The van der Waals surface area contributed by atoms with E-state index < -0.39 is 10.0 Å². The lowest BCUT2D eigenvalue weighted by Crippen LogP contribution is -2.40. The first-order chi connectivity index (χ1) is 16.4. The summed E-state index contributed by atoms with van der Waals surface area (Å²) < 4.78 is 28.9. The highest BCUT2D eigenvalue weighted by Gasteiger charge is 2.22. The van der Waals surface area contributed by atoms with Gasteiger partial charge in [0.25, 0.3) is 15.9 Å². The molecule has 0 spiro atoms.